The van der Waals surface area contributed by atoms with Crippen LogP contribution in [0, 0.1) is 0 Å². The molecule has 1 amide bonds. The van der Waals surface area contributed by atoms with Crippen LogP contribution in [-0.2, 0) is 11.2 Å². The minimum atomic E-state index is -0.386. The second-order valence-electron chi connectivity index (χ2n) is 3.04. The topological polar surface area (TPSA) is 56.2 Å². The van der Waals surface area contributed by atoms with E-state index in [1.54, 1.807) is 0 Å². The average molecular weight is 254 g/mol. The summed E-state index contributed by atoms with van der Waals surface area (Å²) >= 11 is 3.36. The molecule has 2 N–H and O–H groups in total. The predicted molar refractivity (Wildman–Crippen MR) is 56.8 cm³/mol. The molecule has 1 aromatic carbocycles. The van der Waals surface area contributed by atoms with Gasteiger partial charge in [-0.1, -0.05) is 15.9 Å². The molecule has 1 heterocycles. The zero-order chi connectivity index (χ0) is 10.1. The molecule has 0 spiro atoms. The standard InChI is InChI=1S/C10H8BrNO2/c11-7-1-2-9-6(3-7)4-8(14-9)5-10(12)13/h1-4H,5H2,(H2,12,13). The van der Waals surface area contributed by atoms with Crippen molar-refractivity contribution in [3.8, 4) is 0 Å². The van der Waals surface area contributed by atoms with Crippen LogP contribution in [0.5, 0.6) is 0 Å². The summed E-state index contributed by atoms with van der Waals surface area (Å²) in [5, 5.41) is 0.968. The van der Waals surface area contributed by atoms with Crippen LogP contribution >= 0.6 is 15.9 Å². The Morgan fingerprint density at radius 2 is 2.21 bits per heavy atom. The zero-order valence-electron chi connectivity index (χ0n) is 7.29. The molecule has 2 rings (SSSR count). The number of rotatable bonds is 2. The fourth-order valence-electron chi connectivity index (χ4n) is 1.33. The highest BCUT2D eigenvalue weighted by atomic mass is 79.9. The quantitative estimate of drug-likeness (QED) is 0.893. The van der Waals surface area contributed by atoms with E-state index in [2.05, 4.69) is 15.9 Å². The molecule has 4 heteroatoms. The van der Waals surface area contributed by atoms with E-state index in [1.165, 1.54) is 0 Å². The smallest absolute Gasteiger partial charge is 0.225 e. The number of carbonyl (C=O) groups is 1. The first-order chi connectivity index (χ1) is 6.65. The molecular formula is C10H8BrNO2. The lowest BCUT2D eigenvalue weighted by Crippen LogP contribution is -2.12. The molecule has 0 saturated heterocycles. The first-order valence-electron chi connectivity index (χ1n) is 4.11. The summed E-state index contributed by atoms with van der Waals surface area (Å²) in [4.78, 5) is 10.7. The molecule has 14 heavy (non-hydrogen) atoms. The lowest BCUT2D eigenvalue weighted by Gasteiger charge is -1.88. The number of hydrogen-bond acceptors (Lipinski definition) is 2. The summed E-state index contributed by atoms with van der Waals surface area (Å²) in [7, 11) is 0. The van der Waals surface area contributed by atoms with E-state index in [1.807, 2.05) is 24.3 Å². The Hall–Kier alpha value is -1.29. The summed E-state index contributed by atoms with van der Waals surface area (Å²) in [5.74, 6) is 0.216. The lowest BCUT2D eigenvalue weighted by atomic mass is 10.2. The maximum Gasteiger partial charge on any atom is 0.225 e. The molecule has 0 bridgehead atoms. The van der Waals surface area contributed by atoms with Gasteiger partial charge in [-0.05, 0) is 24.3 Å². The van der Waals surface area contributed by atoms with Gasteiger partial charge in [0.25, 0.3) is 0 Å². The van der Waals surface area contributed by atoms with Gasteiger partial charge in [0.15, 0.2) is 0 Å². The number of carbonyl (C=O) groups excluding carboxylic acids is 1. The molecule has 2 aromatic rings. The number of fused-ring (bicyclic) bond motifs is 1. The highest BCUT2D eigenvalue weighted by Crippen LogP contribution is 2.23. The molecule has 0 aliphatic carbocycles. The van der Waals surface area contributed by atoms with Crippen molar-refractivity contribution in [2.75, 3.05) is 0 Å². The van der Waals surface area contributed by atoms with Gasteiger partial charge in [0.2, 0.25) is 5.91 Å². The summed E-state index contributed by atoms with van der Waals surface area (Å²) < 4.78 is 6.39. The number of halogens is 1. The van der Waals surface area contributed by atoms with E-state index in [0.717, 1.165) is 15.4 Å². The van der Waals surface area contributed by atoms with Gasteiger partial charge < -0.3 is 10.2 Å². The SMILES string of the molecule is NC(=O)Cc1cc2cc(Br)ccc2o1. The van der Waals surface area contributed by atoms with Crippen LogP contribution in [0.2, 0.25) is 0 Å². The molecule has 0 fully saturated rings. The number of primary amides is 1. The molecule has 0 radical (unpaired) electrons. The van der Waals surface area contributed by atoms with Crippen LogP contribution < -0.4 is 5.73 Å². The van der Waals surface area contributed by atoms with Gasteiger partial charge in [-0.15, -0.1) is 0 Å². The van der Waals surface area contributed by atoms with Crippen LogP contribution in [0.4, 0.5) is 0 Å². The minimum absolute atomic E-state index is 0.145. The van der Waals surface area contributed by atoms with E-state index < -0.39 is 0 Å². The van der Waals surface area contributed by atoms with Gasteiger partial charge in [0.05, 0.1) is 6.42 Å². The van der Waals surface area contributed by atoms with Crippen molar-refractivity contribution in [2.24, 2.45) is 5.73 Å². The average Bonchev–Trinajstić information content (AvgIpc) is 2.44. The van der Waals surface area contributed by atoms with Crippen LogP contribution in [-0.4, -0.2) is 5.91 Å². The van der Waals surface area contributed by atoms with Crippen molar-refractivity contribution >= 4 is 32.8 Å². The van der Waals surface area contributed by atoms with Crippen molar-refractivity contribution in [3.63, 3.8) is 0 Å². The van der Waals surface area contributed by atoms with Crippen molar-refractivity contribution < 1.29 is 9.21 Å². The number of nitrogens with two attached hydrogens (primary N) is 1. The first-order valence-corrected chi connectivity index (χ1v) is 4.91. The molecule has 0 saturated carbocycles. The lowest BCUT2D eigenvalue weighted by molar-refractivity contribution is -0.117. The molecule has 0 unspecified atom stereocenters. The Labute approximate surface area is 89.0 Å². The number of amides is 1. The van der Waals surface area contributed by atoms with Crippen LogP contribution in [0.1, 0.15) is 5.76 Å². The Balaban J connectivity index is 2.46. The molecule has 0 atom stereocenters. The fraction of sp³-hybridized carbons (Fsp3) is 0.100. The van der Waals surface area contributed by atoms with Crippen molar-refractivity contribution in [1.29, 1.82) is 0 Å². The molecule has 72 valence electrons. The van der Waals surface area contributed by atoms with Crippen LogP contribution in [0.25, 0.3) is 11.0 Å². The summed E-state index contributed by atoms with van der Waals surface area (Å²) in [6.45, 7) is 0. The van der Waals surface area contributed by atoms with Gasteiger partial charge in [-0.25, -0.2) is 0 Å². The van der Waals surface area contributed by atoms with Gasteiger partial charge in [0.1, 0.15) is 11.3 Å². The highest BCUT2D eigenvalue weighted by molar-refractivity contribution is 9.10. The number of benzene rings is 1. The summed E-state index contributed by atoms with van der Waals surface area (Å²) in [6.07, 6.45) is 0.145. The van der Waals surface area contributed by atoms with Gasteiger partial charge in [0, 0.05) is 9.86 Å². The van der Waals surface area contributed by atoms with Crippen molar-refractivity contribution in [2.45, 2.75) is 6.42 Å². The minimum Gasteiger partial charge on any atom is -0.461 e. The van der Waals surface area contributed by atoms with E-state index >= 15 is 0 Å². The zero-order valence-corrected chi connectivity index (χ0v) is 8.87. The third-order valence-corrected chi connectivity index (χ3v) is 2.37. The van der Waals surface area contributed by atoms with Crippen molar-refractivity contribution in [3.05, 3.63) is 34.5 Å². The second kappa shape index (κ2) is 3.46. The number of furan rings is 1. The second-order valence-corrected chi connectivity index (χ2v) is 3.95. The highest BCUT2D eigenvalue weighted by Gasteiger charge is 2.06. The van der Waals surface area contributed by atoms with Gasteiger partial charge >= 0.3 is 0 Å². The predicted octanol–water partition coefficient (Wildman–Crippen LogP) is 2.22. The monoisotopic (exact) mass is 253 g/mol. The normalized spacial score (nSPS) is 10.6. The fourth-order valence-corrected chi connectivity index (χ4v) is 1.71. The van der Waals surface area contributed by atoms with Gasteiger partial charge in [-0.3, -0.25) is 4.79 Å². The molecule has 0 aliphatic rings. The third kappa shape index (κ3) is 1.80. The molecule has 3 nitrogen and oxygen atoms in total. The van der Waals surface area contributed by atoms with E-state index in [9.17, 15) is 4.79 Å². The van der Waals surface area contributed by atoms with Crippen molar-refractivity contribution in [1.82, 2.24) is 0 Å². The Morgan fingerprint density at radius 3 is 2.93 bits per heavy atom. The Morgan fingerprint density at radius 1 is 1.43 bits per heavy atom. The molecule has 1 aromatic heterocycles. The Kier molecular flexibility index (Phi) is 2.29. The third-order valence-electron chi connectivity index (χ3n) is 1.88. The van der Waals surface area contributed by atoms with Crippen LogP contribution in [0.15, 0.2) is 33.2 Å². The first kappa shape index (κ1) is 9.27. The Bertz CT molecular complexity index is 490. The largest absolute Gasteiger partial charge is 0.461 e. The molecule has 0 aliphatic heterocycles. The van der Waals surface area contributed by atoms with Crippen LogP contribution in [0.3, 0.4) is 0 Å². The summed E-state index contributed by atoms with van der Waals surface area (Å²) in [5.41, 5.74) is 5.84. The maximum absolute atomic E-state index is 10.7. The maximum atomic E-state index is 10.7. The van der Waals surface area contributed by atoms with E-state index in [4.69, 9.17) is 10.2 Å². The van der Waals surface area contributed by atoms with E-state index in [-0.39, 0.29) is 12.3 Å². The number of hydrogen-bond donors (Lipinski definition) is 1. The summed E-state index contributed by atoms with van der Waals surface area (Å²) in [6, 6.07) is 7.50. The van der Waals surface area contributed by atoms with Gasteiger partial charge in [-0.2, -0.15) is 0 Å². The molecular weight excluding hydrogens is 246 g/mol. The van der Waals surface area contributed by atoms with E-state index in [0.29, 0.717) is 5.76 Å².